The molecule has 0 bridgehead atoms. The predicted octanol–water partition coefficient (Wildman–Crippen LogP) is 3.92. The second kappa shape index (κ2) is 7.61. The van der Waals surface area contributed by atoms with Crippen molar-refractivity contribution in [1.29, 1.82) is 0 Å². The van der Waals surface area contributed by atoms with Crippen molar-refractivity contribution in [2.45, 2.75) is 6.42 Å². The number of carbonyl (C=O) groups excluding carboxylic acids is 1. The molecule has 0 fully saturated rings. The van der Waals surface area contributed by atoms with E-state index in [1.165, 1.54) is 29.5 Å². The smallest absolute Gasteiger partial charge is 0.250 e. The minimum atomic E-state index is -0.269. The quantitative estimate of drug-likeness (QED) is 0.717. The zero-order valence-electron chi connectivity index (χ0n) is 12.6. The highest BCUT2D eigenvalue weighted by Gasteiger charge is 2.07. The van der Waals surface area contributed by atoms with Gasteiger partial charge < -0.3 is 0 Å². The molecule has 0 saturated carbocycles. The lowest BCUT2D eigenvalue weighted by molar-refractivity contribution is -0.111. The predicted molar refractivity (Wildman–Crippen MR) is 93.2 cm³/mol. The summed E-state index contributed by atoms with van der Waals surface area (Å²) in [5.41, 5.74) is 1.89. The highest BCUT2D eigenvalue weighted by Crippen LogP contribution is 2.18. The maximum atomic E-state index is 12.9. The number of anilines is 1. The number of nitrogens with zero attached hydrogens (tertiary/aromatic N) is 2. The Morgan fingerprint density at radius 1 is 1.08 bits per heavy atom. The molecular weight excluding hydrogens is 325 g/mol. The van der Waals surface area contributed by atoms with E-state index < -0.39 is 0 Å². The fourth-order valence-corrected chi connectivity index (χ4v) is 2.81. The van der Waals surface area contributed by atoms with Crippen LogP contribution in [0.4, 0.5) is 9.52 Å². The third-order valence-electron chi connectivity index (χ3n) is 3.19. The summed E-state index contributed by atoms with van der Waals surface area (Å²) in [6.45, 7) is 0. The van der Waals surface area contributed by atoms with E-state index in [4.69, 9.17) is 0 Å². The minimum absolute atomic E-state index is 0.261. The van der Waals surface area contributed by atoms with Crippen LogP contribution in [0.5, 0.6) is 0 Å². The van der Waals surface area contributed by atoms with Crippen molar-refractivity contribution in [3.63, 3.8) is 0 Å². The second-order valence-corrected chi connectivity index (χ2v) is 6.10. The van der Waals surface area contributed by atoms with E-state index in [0.29, 0.717) is 11.6 Å². The number of nitrogens with one attached hydrogen (secondary N) is 1. The maximum absolute atomic E-state index is 12.9. The van der Waals surface area contributed by atoms with Gasteiger partial charge in [0.05, 0.1) is 0 Å². The molecule has 4 nitrogen and oxygen atoms in total. The van der Waals surface area contributed by atoms with Crippen molar-refractivity contribution in [3.8, 4) is 0 Å². The number of amides is 1. The van der Waals surface area contributed by atoms with E-state index in [9.17, 15) is 9.18 Å². The lowest BCUT2D eigenvalue weighted by Crippen LogP contribution is -2.07. The Kier molecular flexibility index (Phi) is 5.08. The van der Waals surface area contributed by atoms with Crippen molar-refractivity contribution in [2.75, 3.05) is 5.32 Å². The first-order chi connectivity index (χ1) is 11.7. The molecule has 0 atom stereocenters. The number of hydrogen-bond acceptors (Lipinski definition) is 4. The largest absolute Gasteiger partial charge is 0.297 e. The van der Waals surface area contributed by atoms with Crippen LogP contribution in [0.25, 0.3) is 6.08 Å². The van der Waals surface area contributed by atoms with Crippen LogP contribution in [-0.4, -0.2) is 16.1 Å². The summed E-state index contributed by atoms with van der Waals surface area (Å²) in [7, 11) is 0. The van der Waals surface area contributed by atoms with Gasteiger partial charge in [0.1, 0.15) is 10.8 Å². The summed E-state index contributed by atoms with van der Waals surface area (Å²) in [6.07, 6.45) is 3.74. The van der Waals surface area contributed by atoms with Crippen molar-refractivity contribution >= 4 is 28.5 Å². The van der Waals surface area contributed by atoms with Crippen molar-refractivity contribution in [3.05, 3.63) is 82.6 Å². The number of hydrogen-bond donors (Lipinski definition) is 1. The molecule has 3 aromatic rings. The van der Waals surface area contributed by atoms with E-state index in [-0.39, 0.29) is 11.7 Å². The summed E-state index contributed by atoms with van der Waals surface area (Å²) in [5, 5.41) is 11.9. The fourth-order valence-electron chi connectivity index (χ4n) is 2.04. The maximum Gasteiger partial charge on any atom is 0.250 e. The van der Waals surface area contributed by atoms with E-state index in [2.05, 4.69) is 15.5 Å². The van der Waals surface area contributed by atoms with Gasteiger partial charge in [-0.15, -0.1) is 10.2 Å². The normalized spacial score (nSPS) is 10.9. The topological polar surface area (TPSA) is 54.9 Å². The van der Waals surface area contributed by atoms with Crippen LogP contribution in [0.3, 0.4) is 0 Å². The van der Waals surface area contributed by atoms with Gasteiger partial charge >= 0.3 is 0 Å². The molecule has 1 amide bonds. The summed E-state index contributed by atoms with van der Waals surface area (Å²) in [6, 6.07) is 15.8. The molecule has 1 heterocycles. The van der Waals surface area contributed by atoms with Gasteiger partial charge in [0.25, 0.3) is 0 Å². The molecule has 120 valence electrons. The first-order valence-corrected chi connectivity index (χ1v) is 8.11. The Labute approximate surface area is 142 Å². The lowest BCUT2D eigenvalue weighted by Gasteiger charge is -1.97. The number of halogens is 1. The lowest BCUT2D eigenvalue weighted by atomic mass is 10.2. The van der Waals surface area contributed by atoms with Crippen molar-refractivity contribution < 1.29 is 9.18 Å². The molecule has 6 heteroatoms. The average molecular weight is 339 g/mol. The van der Waals surface area contributed by atoms with Crippen molar-refractivity contribution in [1.82, 2.24) is 10.2 Å². The van der Waals surface area contributed by atoms with Gasteiger partial charge in [-0.25, -0.2) is 4.39 Å². The van der Waals surface area contributed by atoms with Crippen LogP contribution in [0.2, 0.25) is 0 Å². The molecule has 0 saturated heterocycles. The van der Waals surface area contributed by atoms with E-state index in [1.807, 2.05) is 30.3 Å². The standard InChI is InChI=1S/C18H14FN3OS/c19-15-9-6-14(7-10-15)12-17-21-22-18(24-17)20-16(23)11-8-13-4-2-1-3-5-13/h1-11H,12H2,(H,20,22,23). The summed E-state index contributed by atoms with van der Waals surface area (Å²) in [5.74, 6) is -0.530. The van der Waals surface area contributed by atoms with Gasteiger partial charge in [-0.3, -0.25) is 10.1 Å². The highest BCUT2D eigenvalue weighted by atomic mass is 32.1. The number of carbonyl (C=O) groups is 1. The molecular formula is C18H14FN3OS. The highest BCUT2D eigenvalue weighted by molar-refractivity contribution is 7.15. The Morgan fingerprint density at radius 2 is 1.83 bits per heavy atom. The number of benzene rings is 2. The average Bonchev–Trinajstić information content (AvgIpc) is 3.03. The Balaban J connectivity index is 1.58. The van der Waals surface area contributed by atoms with Gasteiger partial charge in [-0.05, 0) is 29.3 Å². The molecule has 0 aliphatic heterocycles. The first kappa shape index (κ1) is 16.0. The van der Waals surface area contributed by atoms with Crippen molar-refractivity contribution in [2.24, 2.45) is 0 Å². The molecule has 2 aromatic carbocycles. The molecule has 1 aromatic heterocycles. The molecule has 3 rings (SSSR count). The molecule has 0 aliphatic rings. The molecule has 0 spiro atoms. The molecule has 0 radical (unpaired) electrons. The first-order valence-electron chi connectivity index (χ1n) is 7.30. The molecule has 24 heavy (non-hydrogen) atoms. The third kappa shape index (κ3) is 4.57. The Morgan fingerprint density at radius 3 is 2.58 bits per heavy atom. The number of rotatable bonds is 5. The van der Waals surface area contributed by atoms with Crippen LogP contribution in [-0.2, 0) is 11.2 Å². The SMILES string of the molecule is O=C(C=Cc1ccccc1)Nc1nnc(Cc2ccc(F)cc2)s1. The second-order valence-electron chi connectivity index (χ2n) is 5.04. The molecule has 0 unspecified atom stereocenters. The molecule has 0 aliphatic carbocycles. The van der Waals surface area contributed by atoms with Crippen LogP contribution in [0.1, 0.15) is 16.1 Å². The van der Waals surface area contributed by atoms with Crippen LogP contribution in [0.15, 0.2) is 60.7 Å². The van der Waals surface area contributed by atoms with Crippen LogP contribution < -0.4 is 5.32 Å². The number of aromatic nitrogens is 2. The Bertz CT molecular complexity index is 844. The third-order valence-corrected chi connectivity index (χ3v) is 4.03. The van der Waals surface area contributed by atoms with Crippen LogP contribution >= 0.6 is 11.3 Å². The van der Waals surface area contributed by atoms with E-state index in [0.717, 1.165) is 16.1 Å². The summed E-state index contributed by atoms with van der Waals surface area (Å²) < 4.78 is 12.9. The van der Waals surface area contributed by atoms with Gasteiger partial charge in [0.2, 0.25) is 11.0 Å². The zero-order valence-corrected chi connectivity index (χ0v) is 13.5. The Hall–Kier alpha value is -2.86. The summed E-state index contributed by atoms with van der Waals surface area (Å²) in [4.78, 5) is 11.9. The monoisotopic (exact) mass is 339 g/mol. The van der Waals surface area contributed by atoms with E-state index in [1.54, 1.807) is 18.2 Å². The van der Waals surface area contributed by atoms with E-state index >= 15 is 0 Å². The van der Waals surface area contributed by atoms with Gasteiger partial charge in [-0.1, -0.05) is 53.8 Å². The van der Waals surface area contributed by atoms with Gasteiger partial charge in [-0.2, -0.15) is 0 Å². The zero-order chi connectivity index (χ0) is 16.8. The molecule has 1 N–H and O–H groups in total. The van der Waals surface area contributed by atoms with Gasteiger partial charge in [0.15, 0.2) is 0 Å². The van der Waals surface area contributed by atoms with Crippen LogP contribution in [0, 0.1) is 5.82 Å². The van der Waals surface area contributed by atoms with Gasteiger partial charge in [0, 0.05) is 12.5 Å². The summed E-state index contributed by atoms with van der Waals surface area (Å²) >= 11 is 1.30. The fraction of sp³-hybridized carbons (Fsp3) is 0.0556. The minimum Gasteiger partial charge on any atom is -0.297 e.